The maximum Gasteiger partial charge on any atom is 0.335 e. The average molecular weight is 337 g/mol. The van der Waals surface area contributed by atoms with Gasteiger partial charge in [-0.05, 0) is 68.4 Å². The molecule has 1 fully saturated rings. The molecule has 3 aromatic rings. The van der Waals surface area contributed by atoms with Gasteiger partial charge < -0.3 is 15.2 Å². The number of ether oxygens (including phenoxy) is 1. The Morgan fingerprint density at radius 1 is 1.16 bits per heavy atom. The highest BCUT2D eigenvalue weighted by molar-refractivity contribution is 5.92. The number of hydrogen-bond donors (Lipinski definition) is 2. The monoisotopic (exact) mass is 337 g/mol. The standard InChI is InChI=1S/C19H19N3O3/c23-19(24)13-1-6-17-18(11-13)22(12-21-17)14-2-4-15(5-3-14)25-16-7-9-20-10-8-16/h1-6,11-12,16,20H,7-10H2,(H,23,24). The van der Waals surface area contributed by atoms with Gasteiger partial charge in [-0.25, -0.2) is 9.78 Å². The van der Waals surface area contributed by atoms with Gasteiger partial charge >= 0.3 is 5.97 Å². The Balaban J connectivity index is 1.60. The molecular weight excluding hydrogens is 318 g/mol. The van der Waals surface area contributed by atoms with Crippen molar-refractivity contribution in [3.05, 3.63) is 54.4 Å². The van der Waals surface area contributed by atoms with Crippen molar-refractivity contribution in [2.24, 2.45) is 0 Å². The SMILES string of the molecule is O=C(O)c1ccc2ncn(-c3ccc(OC4CCNCC4)cc3)c2c1. The number of hydrogen-bond acceptors (Lipinski definition) is 4. The van der Waals surface area contributed by atoms with Crippen LogP contribution < -0.4 is 10.1 Å². The Kier molecular flexibility index (Phi) is 4.11. The molecule has 0 atom stereocenters. The van der Waals surface area contributed by atoms with E-state index in [-0.39, 0.29) is 11.7 Å². The number of piperidine rings is 1. The van der Waals surface area contributed by atoms with Crippen molar-refractivity contribution >= 4 is 17.0 Å². The van der Waals surface area contributed by atoms with Crippen molar-refractivity contribution in [2.75, 3.05) is 13.1 Å². The molecule has 4 rings (SSSR count). The van der Waals surface area contributed by atoms with Crippen LogP contribution in [0.2, 0.25) is 0 Å². The second kappa shape index (κ2) is 6.57. The highest BCUT2D eigenvalue weighted by atomic mass is 16.5. The molecule has 1 aliphatic heterocycles. The normalized spacial score (nSPS) is 15.4. The highest BCUT2D eigenvalue weighted by Gasteiger charge is 2.14. The van der Waals surface area contributed by atoms with E-state index in [4.69, 9.17) is 4.74 Å². The largest absolute Gasteiger partial charge is 0.490 e. The number of aromatic carboxylic acids is 1. The first-order chi connectivity index (χ1) is 12.2. The molecule has 2 heterocycles. The first kappa shape index (κ1) is 15.7. The van der Waals surface area contributed by atoms with Gasteiger partial charge in [0.15, 0.2) is 0 Å². The van der Waals surface area contributed by atoms with E-state index in [1.807, 2.05) is 28.8 Å². The number of carboxylic acid groups (broad SMARTS) is 1. The molecule has 0 bridgehead atoms. The van der Waals surface area contributed by atoms with Gasteiger partial charge in [0.2, 0.25) is 0 Å². The van der Waals surface area contributed by atoms with E-state index in [0.717, 1.165) is 48.4 Å². The Labute approximate surface area is 145 Å². The highest BCUT2D eigenvalue weighted by Crippen LogP contribution is 2.23. The number of nitrogens with zero attached hydrogens (tertiary/aromatic N) is 2. The zero-order chi connectivity index (χ0) is 17.2. The third-order valence-electron chi connectivity index (χ3n) is 4.50. The number of fused-ring (bicyclic) bond motifs is 1. The molecule has 6 heteroatoms. The molecule has 2 aromatic carbocycles. The minimum absolute atomic E-state index is 0.250. The van der Waals surface area contributed by atoms with Crippen molar-refractivity contribution in [3.63, 3.8) is 0 Å². The molecule has 1 aliphatic rings. The molecule has 0 spiro atoms. The second-order valence-corrected chi connectivity index (χ2v) is 6.18. The third-order valence-corrected chi connectivity index (χ3v) is 4.50. The average Bonchev–Trinajstić information content (AvgIpc) is 3.06. The van der Waals surface area contributed by atoms with Gasteiger partial charge in [-0.2, -0.15) is 0 Å². The Morgan fingerprint density at radius 3 is 2.64 bits per heavy atom. The quantitative estimate of drug-likeness (QED) is 0.765. The molecule has 1 aromatic heterocycles. The lowest BCUT2D eigenvalue weighted by Gasteiger charge is -2.23. The summed E-state index contributed by atoms with van der Waals surface area (Å²) < 4.78 is 7.91. The number of carboxylic acids is 1. The number of benzene rings is 2. The van der Waals surface area contributed by atoms with Crippen molar-refractivity contribution in [3.8, 4) is 11.4 Å². The van der Waals surface area contributed by atoms with Crippen LogP contribution in [-0.2, 0) is 0 Å². The number of imidazole rings is 1. The van der Waals surface area contributed by atoms with Crippen LogP contribution in [0.4, 0.5) is 0 Å². The van der Waals surface area contributed by atoms with Gasteiger partial charge in [0.1, 0.15) is 18.2 Å². The summed E-state index contributed by atoms with van der Waals surface area (Å²) in [5.41, 5.74) is 2.70. The van der Waals surface area contributed by atoms with Gasteiger partial charge in [-0.1, -0.05) is 0 Å². The second-order valence-electron chi connectivity index (χ2n) is 6.18. The summed E-state index contributed by atoms with van der Waals surface area (Å²) in [5.74, 6) is -0.0911. The first-order valence-electron chi connectivity index (χ1n) is 8.39. The van der Waals surface area contributed by atoms with E-state index < -0.39 is 5.97 Å². The Hall–Kier alpha value is -2.86. The van der Waals surface area contributed by atoms with Crippen LogP contribution >= 0.6 is 0 Å². The van der Waals surface area contributed by atoms with Gasteiger partial charge in [0.25, 0.3) is 0 Å². The lowest BCUT2D eigenvalue weighted by molar-refractivity contribution is 0.0697. The summed E-state index contributed by atoms with van der Waals surface area (Å²) >= 11 is 0. The fraction of sp³-hybridized carbons (Fsp3) is 0.263. The van der Waals surface area contributed by atoms with Crippen molar-refractivity contribution in [1.29, 1.82) is 0 Å². The number of nitrogens with one attached hydrogen (secondary N) is 1. The summed E-state index contributed by atoms with van der Waals surface area (Å²) in [7, 11) is 0. The molecule has 2 N–H and O–H groups in total. The summed E-state index contributed by atoms with van der Waals surface area (Å²) in [5, 5.41) is 12.5. The molecular formula is C19H19N3O3. The van der Waals surface area contributed by atoms with E-state index in [1.165, 1.54) is 0 Å². The van der Waals surface area contributed by atoms with Crippen molar-refractivity contribution < 1.29 is 14.6 Å². The predicted molar refractivity (Wildman–Crippen MR) is 94.5 cm³/mol. The van der Waals surface area contributed by atoms with E-state index in [2.05, 4.69) is 10.3 Å². The zero-order valence-electron chi connectivity index (χ0n) is 13.7. The minimum Gasteiger partial charge on any atom is -0.490 e. The topological polar surface area (TPSA) is 76.4 Å². The van der Waals surface area contributed by atoms with Crippen molar-refractivity contribution in [2.45, 2.75) is 18.9 Å². The Bertz CT molecular complexity index is 896. The van der Waals surface area contributed by atoms with Crippen LogP contribution in [0.1, 0.15) is 23.2 Å². The van der Waals surface area contributed by atoms with E-state index in [0.29, 0.717) is 0 Å². The van der Waals surface area contributed by atoms with E-state index in [1.54, 1.807) is 24.5 Å². The molecule has 0 unspecified atom stereocenters. The first-order valence-corrected chi connectivity index (χ1v) is 8.39. The summed E-state index contributed by atoms with van der Waals surface area (Å²) in [6.07, 6.45) is 4.01. The molecule has 0 radical (unpaired) electrons. The Morgan fingerprint density at radius 2 is 1.92 bits per heavy atom. The summed E-state index contributed by atoms with van der Waals surface area (Å²) in [4.78, 5) is 15.5. The van der Waals surface area contributed by atoms with Crippen LogP contribution in [0.3, 0.4) is 0 Å². The van der Waals surface area contributed by atoms with Crippen molar-refractivity contribution in [1.82, 2.24) is 14.9 Å². The fourth-order valence-electron chi connectivity index (χ4n) is 3.14. The van der Waals surface area contributed by atoms with Crippen LogP contribution in [0.15, 0.2) is 48.8 Å². The maximum absolute atomic E-state index is 11.2. The van der Waals surface area contributed by atoms with Crippen LogP contribution in [0.25, 0.3) is 16.7 Å². The predicted octanol–water partition coefficient (Wildman–Crippen LogP) is 2.85. The van der Waals surface area contributed by atoms with E-state index in [9.17, 15) is 9.90 Å². The summed E-state index contributed by atoms with van der Waals surface area (Å²) in [6, 6.07) is 12.8. The molecule has 25 heavy (non-hydrogen) atoms. The number of carbonyl (C=O) groups is 1. The summed E-state index contributed by atoms with van der Waals surface area (Å²) in [6.45, 7) is 1.99. The van der Waals surface area contributed by atoms with Gasteiger partial charge in [-0.3, -0.25) is 4.57 Å². The smallest absolute Gasteiger partial charge is 0.335 e. The molecule has 1 saturated heterocycles. The molecule has 128 valence electrons. The third kappa shape index (κ3) is 3.21. The number of rotatable bonds is 4. The van der Waals surface area contributed by atoms with Gasteiger partial charge in [0.05, 0.1) is 16.6 Å². The fourth-order valence-corrected chi connectivity index (χ4v) is 3.14. The zero-order valence-corrected chi connectivity index (χ0v) is 13.7. The van der Waals surface area contributed by atoms with Crippen LogP contribution in [-0.4, -0.2) is 39.8 Å². The lowest BCUT2D eigenvalue weighted by atomic mass is 10.1. The number of aromatic nitrogens is 2. The van der Waals surface area contributed by atoms with Gasteiger partial charge in [0, 0.05) is 5.69 Å². The molecule has 0 amide bonds. The van der Waals surface area contributed by atoms with E-state index >= 15 is 0 Å². The van der Waals surface area contributed by atoms with Gasteiger partial charge in [-0.15, -0.1) is 0 Å². The molecule has 0 saturated carbocycles. The molecule has 6 nitrogen and oxygen atoms in total. The molecule has 0 aliphatic carbocycles. The minimum atomic E-state index is -0.944. The lowest BCUT2D eigenvalue weighted by Crippen LogP contribution is -2.34. The van der Waals surface area contributed by atoms with Crippen LogP contribution in [0, 0.1) is 0 Å². The van der Waals surface area contributed by atoms with Crippen LogP contribution in [0.5, 0.6) is 5.75 Å². The maximum atomic E-state index is 11.2.